The van der Waals surface area contributed by atoms with Crippen LogP contribution in [0.4, 0.5) is 0 Å². The van der Waals surface area contributed by atoms with Gasteiger partial charge in [0.15, 0.2) is 5.69 Å². The molecule has 3 rings (SSSR count). The van der Waals surface area contributed by atoms with Gasteiger partial charge in [-0.1, -0.05) is 31.9 Å². The molecule has 0 bridgehead atoms. The summed E-state index contributed by atoms with van der Waals surface area (Å²) in [6.07, 6.45) is 9.04. The minimum Gasteiger partial charge on any atom is -0.331 e. The third kappa shape index (κ3) is 3.03. The Bertz CT molecular complexity index is 524. The van der Waals surface area contributed by atoms with Crippen LogP contribution in [0.1, 0.15) is 69.8 Å². The van der Waals surface area contributed by atoms with E-state index in [4.69, 9.17) is 0 Å². The SMILES string of the molecule is CC(C)CCn1cc(C(=O)N2[C@H](C)C[C@H]3CCCC[C@@H]32)nn1. The normalized spacial score (nSPS) is 28.2. The first-order valence-electron chi connectivity index (χ1n) is 8.79. The Hall–Kier alpha value is -1.39. The van der Waals surface area contributed by atoms with Crippen LogP contribution in [-0.4, -0.2) is 37.9 Å². The fourth-order valence-electron chi connectivity index (χ4n) is 4.09. The van der Waals surface area contributed by atoms with Crippen molar-refractivity contribution in [1.29, 1.82) is 0 Å². The lowest BCUT2D eigenvalue weighted by atomic mass is 9.85. The Kier molecular flexibility index (Phi) is 4.50. The molecule has 0 aromatic carbocycles. The smallest absolute Gasteiger partial charge is 0.276 e. The monoisotopic (exact) mass is 304 g/mol. The summed E-state index contributed by atoms with van der Waals surface area (Å²) in [5.74, 6) is 1.41. The van der Waals surface area contributed by atoms with Gasteiger partial charge in [-0.15, -0.1) is 5.10 Å². The summed E-state index contributed by atoms with van der Waals surface area (Å²) >= 11 is 0. The minimum absolute atomic E-state index is 0.0812. The average Bonchev–Trinajstić information content (AvgIpc) is 3.07. The van der Waals surface area contributed by atoms with E-state index in [1.807, 2.05) is 10.9 Å². The number of hydrogen-bond acceptors (Lipinski definition) is 3. The molecule has 0 radical (unpaired) electrons. The number of rotatable bonds is 4. The van der Waals surface area contributed by atoms with Gasteiger partial charge in [0.1, 0.15) is 0 Å². The van der Waals surface area contributed by atoms with Gasteiger partial charge >= 0.3 is 0 Å². The number of likely N-dealkylation sites (tertiary alicyclic amines) is 1. The summed E-state index contributed by atoms with van der Waals surface area (Å²) in [6, 6.07) is 0.762. The summed E-state index contributed by atoms with van der Waals surface area (Å²) in [5.41, 5.74) is 0.516. The van der Waals surface area contributed by atoms with E-state index in [0.29, 0.717) is 29.6 Å². The molecule has 2 aliphatic rings. The minimum atomic E-state index is 0.0812. The highest BCUT2D eigenvalue weighted by Crippen LogP contribution is 2.40. The molecule has 1 saturated carbocycles. The third-order valence-corrected chi connectivity index (χ3v) is 5.27. The third-order valence-electron chi connectivity index (χ3n) is 5.27. The highest BCUT2D eigenvalue weighted by Gasteiger charge is 2.43. The van der Waals surface area contributed by atoms with Crippen molar-refractivity contribution >= 4 is 5.91 Å². The number of aryl methyl sites for hydroxylation is 1. The molecule has 1 aliphatic heterocycles. The highest BCUT2D eigenvalue weighted by molar-refractivity contribution is 5.92. The van der Waals surface area contributed by atoms with Crippen molar-refractivity contribution in [3.63, 3.8) is 0 Å². The maximum absolute atomic E-state index is 12.9. The molecule has 0 unspecified atom stereocenters. The Labute approximate surface area is 133 Å². The lowest BCUT2D eigenvalue weighted by molar-refractivity contribution is 0.0627. The van der Waals surface area contributed by atoms with Crippen LogP contribution in [-0.2, 0) is 6.54 Å². The molecule has 1 aromatic rings. The quantitative estimate of drug-likeness (QED) is 0.859. The van der Waals surface area contributed by atoms with Crippen LogP contribution in [0.15, 0.2) is 6.20 Å². The zero-order valence-corrected chi connectivity index (χ0v) is 14.0. The largest absolute Gasteiger partial charge is 0.331 e. The Morgan fingerprint density at radius 2 is 2.14 bits per heavy atom. The molecular formula is C17H28N4O. The molecule has 0 spiro atoms. The van der Waals surface area contributed by atoms with Gasteiger partial charge in [-0.2, -0.15) is 0 Å². The van der Waals surface area contributed by atoms with Gasteiger partial charge in [0.2, 0.25) is 0 Å². The second-order valence-electron chi connectivity index (χ2n) is 7.46. The Morgan fingerprint density at radius 1 is 1.36 bits per heavy atom. The van der Waals surface area contributed by atoms with Gasteiger partial charge in [0.05, 0.1) is 6.20 Å². The van der Waals surface area contributed by atoms with E-state index in [0.717, 1.165) is 25.8 Å². The molecule has 122 valence electrons. The molecular weight excluding hydrogens is 276 g/mol. The standard InChI is InChI=1S/C17H28N4O/c1-12(2)8-9-20-11-15(18-19-20)17(22)21-13(3)10-14-6-4-5-7-16(14)21/h11-14,16H,4-10H2,1-3H3/t13-,14-,16+/m1/s1. The number of hydrogen-bond donors (Lipinski definition) is 0. The van der Waals surface area contributed by atoms with Crippen molar-refractivity contribution in [2.75, 3.05) is 0 Å². The number of amides is 1. The summed E-state index contributed by atoms with van der Waals surface area (Å²) < 4.78 is 1.81. The van der Waals surface area contributed by atoms with E-state index in [2.05, 4.69) is 36.0 Å². The fourth-order valence-corrected chi connectivity index (χ4v) is 4.09. The Morgan fingerprint density at radius 3 is 2.91 bits per heavy atom. The molecule has 5 heteroatoms. The molecule has 22 heavy (non-hydrogen) atoms. The maximum atomic E-state index is 12.9. The van der Waals surface area contributed by atoms with Crippen LogP contribution in [0.3, 0.4) is 0 Å². The van der Waals surface area contributed by atoms with E-state index in [1.54, 1.807) is 0 Å². The molecule has 1 amide bonds. The zero-order chi connectivity index (χ0) is 15.7. The molecule has 5 nitrogen and oxygen atoms in total. The number of carbonyl (C=O) groups excluding carboxylic acids is 1. The van der Waals surface area contributed by atoms with Crippen LogP contribution in [0.25, 0.3) is 0 Å². The molecule has 2 fully saturated rings. The first-order valence-corrected chi connectivity index (χ1v) is 8.79. The number of nitrogens with zero attached hydrogens (tertiary/aromatic N) is 4. The number of carbonyl (C=O) groups is 1. The van der Waals surface area contributed by atoms with Gasteiger partial charge in [0.25, 0.3) is 5.91 Å². The van der Waals surface area contributed by atoms with Crippen molar-refractivity contribution in [3.05, 3.63) is 11.9 Å². The first-order chi connectivity index (χ1) is 10.6. The number of aromatic nitrogens is 3. The van der Waals surface area contributed by atoms with Gasteiger partial charge in [-0.05, 0) is 44.4 Å². The van der Waals surface area contributed by atoms with Crippen molar-refractivity contribution in [2.45, 2.75) is 77.9 Å². The predicted molar refractivity (Wildman–Crippen MR) is 85.5 cm³/mol. The average molecular weight is 304 g/mol. The molecule has 1 aromatic heterocycles. The van der Waals surface area contributed by atoms with E-state index in [-0.39, 0.29) is 5.91 Å². The molecule has 1 aliphatic carbocycles. The second-order valence-corrected chi connectivity index (χ2v) is 7.46. The lowest BCUT2D eigenvalue weighted by Gasteiger charge is -2.32. The molecule has 2 heterocycles. The summed E-state index contributed by atoms with van der Waals surface area (Å²) in [6.45, 7) is 7.40. The highest BCUT2D eigenvalue weighted by atomic mass is 16.2. The van der Waals surface area contributed by atoms with Crippen molar-refractivity contribution < 1.29 is 4.79 Å². The van der Waals surface area contributed by atoms with Crippen LogP contribution in [0, 0.1) is 11.8 Å². The van der Waals surface area contributed by atoms with Crippen molar-refractivity contribution in [1.82, 2.24) is 19.9 Å². The van der Waals surface area contributed by atoms with Crippen LogP contribution >= 0.6 is 0 Å². The van der Waals surface area contributed by atoms with E-state index in [1.165, 1.54) is 19.3 Å². The molecule has 3 atom stereocenters. The van der Waals surface area contributed by atoms with E-state index >= 15 is 0 Å². The van der Waals surface area contributed by atoms with Crippen molar-refractivity contribution in [3.8, 4) is 0 Å². The lowest BCUT2D eigenvalue weighted by Crippen LogP contribution is -2.42. The Balaban J connectivity index is 1.70. The molecule has 0 N–H and O–H groups in total. The van der Waals surface area contributed by atoms with Crippen molar-refractivity contribution in [2.24, 2.45) is 11.8 Å². The van der Waals surface area contributed by atoms with Crippen LogP contribution in [0.2, 0.25) is 0 Å². The summed E-state index contributed by atoms with van der Waals surface area (Å²) in [5, 5.41) is 8.26. The van der Waals surface area contributed by atoms with Crippen LogP contribution in [0.5, 0.6) is 0 Å². The van der Waals surface area contributed by atoms with Crippen LogP contribution < -0.4 is 0 Å². The fraction of sp³-hybridized carbons (Fsp3) is 0.824. The van der Waals surface area contributed by atoms with E-state index < -0.39 is 0 Å². The van der Waals surface area contributed by atoms with E-state index in [9.17, 15) is 4.79 Å². The van der Waals surface area contributed by atoms with Gasteiger partial charge in [-0.3, -0.25) is 9.48 Å². The number of fused-ring (bicyclic) bond motifs is 1. The maximum Gasteiger partial charge on any atom is 0.276 e. The van der Waals surface area contributed by atoms with Gasteiger partial charge in [0, 0.05) is 18.6 Å². The summed E-state index contributed by atoms with van der Waals surface area (Å²) in [4.78, 5) is 15.0. The summed E-state index contributed by atoms with van der Waals surface area (Å²) in [7, 11) is 0. The molecule has 1 saturated heterocycles. The van der Waals surface area contributed by atoms with Gasteiger partial charge in [-0.25, -0.2) is 0 Å². The predicted octanol–water partition coefficient (Wildman–Crippen LogP) is 3.12. The first kappa shape index (κ1) is 15.5. The topological polar surface area (TPSA) is 51.0 Å². The van der Waals surface area contributed by atoms with Gasteiger partial charge < -0.3 is 4.90 Å². The zero-order valence-electron chi connectivity index (χ0n) is 14.0. The second kappa shape index (κ2) is 6.39.